The van der Waals surface area contributed by atoms with E-state index in [1.165, 1.54) is 0 Å². The van der Waals surface area contributed by atoms with Gasteiger partial charge in [-0.2, -0.15) is 0 Å². The second-order valence-corrected chi connectivity index (χ2v) is 3.94. The van der Waals surface area contributed by atoms with Gasteiger partial charge in [0.15, 0.2) is 0 Å². The van der Waals surface area contributed by atoms with Crippen LogP contribution in [-0.2, 0) is 9.47 Å². The van der Waals surface area contributed by atoms with Gasteiger partial charge >= 0.3 is 11.9 Å². The van der Waals surface area contributed by atoms with Gasteiger partial charge in [-0.05, 0) is 0 Å². The Labute approximate surface area is 119 Å². The van der Waals surface area contributed by atoms with Crippen molar-refractivity contribution in [1.82, 2.24) is 0 Å². The van der Waals surface area contributed by atoms with Crippen LogP contribution in [-0.4, -0.2) is 58.2 Å². The SMILES string of the molecule is O=C(OC(O)CCO)c1coc(C(=O)OC(O)CCO)c1. The highest BCUT2D eigenvalue weighted by molar-refractivity contribution is 5.93. The van der Waals surface area contributed by atoms with Crippen molar-refractivity contribution in [2.75, 3.05) is 13.2 Å². The summed E-state index contributed by atoms with van der Waals surface area (Å²) in [5.74, 6) is -2.32. The predicted molar refractivity (Wildman–Crippen MR) is 65.0 cm³/mol. The first-order valence-corrected chi connectivity index (χ1v) is 6.06. The number of aliphatic hydroxyl groups is 4. The maximum Gasteiger partial charge on any atom is 0.376 e. The molecule has 9 nitrogen and oxygen atoms in total. The Morgan fingerprint density at radius 1 is 1.05 bits per heavy atom. The molecular weight excluding hydrogens is 288 g/mol. The third kappa shape index (κ3) is 5.52. The Hall–Kier alpha value is -1.94. The van der Waals surface area contributed by atoms with E-state index in [-0.39, 0.29) is 37.4 Å². The van der Waals surface area contributed by atoms with Gasteiger partial charge < -0.3 is 34.3 Å². The lowest BCUT2D eigenvalue weighted by Crippen LogP contribution is -2.19. The largest absolute Gasteiger partial charge is 0.456 e. The fourth-order valence-electron chi connectivity index (χ4n) is 1.26. The lowest BCUT2D eigenvalue weighted by atomic mass is 10.3. The normalized spacial score (nSPS) is 13.5. The third-order valence-corrected chi connectivity index (χ3v) is 2.27. The standard InChI is InChI=1S/C12H16O9/c13-3-1-9(15)20-11(17)7-5-8(19-6-7)12(18)21-10(16)2-4-14/h5-6,9-10,13-16H,1-4H2. The van der Waals surface area contributed by atoms with Crippen LogP contribution >= 0.6 is 0 Å². The van der Waals surface area contributed by atoms with Gasteiger partial charge in [-0.15, -0.1) is 0 Å². The molecule has 1 rings (SSSR count). The number of furan rings is 1. The molecule has 1 aromatic heterocycles. The summed E-state index contributed by atoms with van der Waals surface area (Å²) in [4.78, 5) is 23.0. The molecule has 1 aromatic rings. The predicted octanol–water partition coefficient (Wildman–Crippen LogP) is -1.01. The highest BCUT2D eigenvalue weighted by Crippen LogP contribution is 2.13. The van der Waals surface area contributed by atoms with Gasteiger partial charge in [-0.25, -0.2) is 9.59 Å². The second kappa shape index (κ2) is 8.37. The number of ether oxygens (including phenoxy) is 2. The van der Waals surface area contributed by atoms with E-state index in [9.17, 15) is 19.8 Å². The topological polar surface area (TPSA) is 147 Å². The van der Waals surface area contributed by atoms with Crippen molar-refractivity contribution in [3.8, 4) is 0 Å². The van der Waals surface area contributed by atoms with Gasteiger partial charge in [0.1, 0.15) is 6.26 Å². The first-order chi connectivity index (χ1) is 9.97. The zero-order valence-corrected chi connectivity index (χ0v) is 11.0. The fraction of sp³-hybridized carbons (Fsp3) is 0.500. The molecule has 0 aliphatic carbocycles. The van der Waals surface area contributed by atoms with Crippen LogP contribution in [0.2, 0.25) is 0 Å². The van der Waals surface area contributed by atoms with Gasteiger partial charge in [-0.1, -0.05) is 0 Å². The van der Waals surface area contributed by atoms with Gasteiger partial charge in [0.05, 0.1) is 5.56 Å². The van der Waals surface area contributed by atoms with E-state index in [4.69, 9.17) is 14.6 Å². The van der Waals surface area contributed by atoms with Gasteiger partial charge in [-0.3, -0.25) is 0 Å². The van der Waals surface area contributed by atoms with Crippen molar-refractivity contribution in [3.05, 3.63) is 23.7 Å². The number of esters is 2. The number of carbonyl (C=O) groups excluding carboxylic acids is 2. The molecule has 0 aliphatic rings. The molecule has 2 atom stereocenters. The summed E-state index contributed by atoms with van der Waals surface area (Å²) in [7, 11) is 0. The third-order valence-electron chi connectivity index (χ3n) is 2.27. The maximum atomic E-state index is 11.5. The smallest absolute Gasteiger partial charge is 0.376 e. The Bertz CT molecular complexity index is 427. The molecule has 0 aliphatic heterocycles. The molecule has 0 aromatic carbocycles. The zero-order valence-electron chi connectivity index (χ0n) is 11.0. The zero-order chi connectivity index (χ0) is 15.8. The molecule has 4 N–H and O–H groups in total. The number of rotatable bonds is 8. The van der Waals surface area contributed by atoms with Crippen LogP contribution in [0.5, 0.6) is 0 Å². The molecule has 0 bridgehead atoms. The molecule has 0 fully saturated rings. The summed E-state index contributed by atoms with van der Waals surface area (Å²) < 4.78 is 13.9. The van der Waals surface area contributed by atoms with Crippen molar-refractivity contribution in [3.63, 3.8) is 0 Å². The van der Waals surface area contributed by atoms with Crippen molar-refractivity contribution in [2.24, 2.45) is 0 Å². The second-order valence-electron chi connectivity index (χ2n) is 3.94. The first kappa shape index (κ1) is 17.1. The van der Waals surface area contributed by atoms with Crippen LogP contribution in [0.3, 0.4) is 0 Å². The average molecular weight is 304 g/mol. The minimum absolute atomic E-state index is 0.143. The molecule has 1 heterocycles. The lowest BCUT2D eigenvalue weighted by Gasteiger charge is -2.09. The number of hydrogen-bond acceptors (Lipinski definition) is 9. The first-order valence-electron chi connectivity index (χ1n) is 6.06. The Kier molecular flexibility index (Phi) is 6.82. The Balaban J connectivity index is 2.59. The van der Waals surface area contributed by atoms with Crippen LogP contribution in [0.4, 0.5) is 0 Å². The van der Waals surface area contributed by atoms with Crippen LogP contribution < -0.4 is 0 Å². The van der Waals surface area contributed by atoms with Crippen molar-refractivity contribution in [1.29, 1.82) is 0 Å². The summed E-state index contributed by atoms with van der Waals surface area (Å²) in [5, 5.41) is 35.5. The molecule has 21 heavy (non-hydrogen) atoms. The van der Waals surface area contributed by atoms with Crippen molar-refractivity contribution in [2.45, 2.75) is 25.4 Å². The van der Waals surface area contributed by atoms with Gasteiger partial charge in [0.2, 0.25) is 18.3 Å². The molecule has 0 saturated carbocycles. The highest BCUT2D eigenvalue weighted by atomic mass is 16.6. The monoisotopic (exact) mass is 304 g/mol. The van der Waals surface area contributed by atoms with Gasteiger partial charge in [0.25, 0.3) is 0 Å². The summed E-state index contributed by atoms with van der Waals surface area (Å²) >= 11 is 0. The van der Waals surface area contributed by atoms with E-state index in [0.29, 0.717) is 0 Å². The fourth-order valence-corrected chi connectivity index (χ4v) is 1.26. The highest BCUT2D eigenvalue weighted by Gasteiger charge is 2.21. The minimum atomic E-state index is -1.49. The van der Waals surface area contributed by atoms with E-state index in [1.807, 2.05) is 0 Å². The lowest BCUT2D eigenvalue weighted by molar-refractivity contribution is -0.0765. The van der Waals surface area contributed by atoms with Crippen LogP contribution in [0.25, 0.3) is 0 Å². The average Bonchev–Trinajstić information content (AvgIpc) is 2.88. The minimum Gasteiger partial charge on any atom is -0.456 e. The summed E-state index contributed by atoms with van der Waals surface area (Å²) in [6.45, 7) is -0.729. The molecule has 0 radical (unpaired) electrons. The van der Waals surface area contributed by atoms with E-state index in [1.54, 1.807) is 0 Å². The quantitative estimate of drug-likeness (QED) is 0.350. The molecule has 0 spiro atoms. The Morgan fingerprint density at radius 2 is 1.57 bits per heavy atom. The molecular formula is C12H16O9. The van der Waals surface area contributed by atoms with Crippen molar-refractivity contribution < 1.29 is 43.9 Å². The van der Waals surface area contributed by atoms with Crippen LogP contribution in [0, 0.1) is 0 Å². The van der Waals surface area contributed by atoms with E-state index >= 15 is 0 Å². The number of aliphatic hydroxyl groups excluding tert-OH is 4. The molecule has 2 unspecified atom stereocenters. The molecule has 0 saturated heterocycles. The van der Waals surface area contributed by atoms with E-state index in [2.05, 4.69) is 9.47 Å². The molecule has 118 valence electrons. The van der Waals surface area contributed by atoms with Gasteiger partial charge in [0, 0.05) is 32.1 Å². The van der Waals surface area contributed by atoms with Crippen LogP contribution in [0.15, 0.2) is 16.7 Å². The number of carbonyl (C=O) groups is 2. The number of hydrogen-bond donors (Lipinski definition) is 4. The summed E-state index contributed by atoms with van der Waals surface area (Å²) in [5.41, 5.74) is -0.143. The maximum absolute atomic E-state index is 11.5. The van der Waals surface area contributed by atoms with E-state index < -0.39 is 24.5 Å². The summed E-state index contributed by atoms with van der Waals surface area (Å²) in [6, 6.07) is 1.02. The van der Waals surface area contributed by atoms with Crippen LogP contribution in [0.1, 0.15) is 33.8 Å². The summed E-state index contributed by atoms with van der Waals surface area (Å²) in [6.07, 6.45) is -2.35. The van der Waals surface area contributed by atoms with Crippen molar-refractivity contribution >= 4 is 11.9 Å². The molecule has 9 heteroatoms. The Morgan fingerprint density at radius 3 is 2.10 bits per heavy atom. The van der Waals surface area contributed by atoms with E-state index in [0.717, 1.165) is 12.3 Å². The molecule has 0 amide bonds.